The van der Waals surface area contributed by atoms with Gasteiger partial charge in [0.25, 0.3) is 0 Å². The number of phenols is 1. The first-order chi connectivity index (χ1) is 12.4. The van der Waals surface area contributed by atoms with Gasteiger partial charge >= 0.3 is 0 Å². The normalized spacial score (nSPS) is 19.6. The summed E-state index contributed by atoms with van der Waals surface area (Å²) < 4.78 is 5.49. The van der Waals surface area contributed by atoms with Crippen molar-refractivity contribution in [1.29, 1.82) is 0 Å². The first-order valence-corrected chi connectivity index (χ1v) is 10.4. The Bertz CT molecular complexity index is 818. The molecular formula is C22H29NO2S. The molecule has 4 rings (SSSR count). The first-order valence-electron chi connectivity index (χ1n) is 9.59. The SMILES string of the molecule is COc1c(O)ccc2c1CN1CCc3sc(CCC(C)(C)C)cc3[C@@H]1C2. The number of ether oxygens (including phenoxy) is 1. The Morgan fingerprint density at radius 3 is 2.85 bits per heavy atom. The number of phenolic OH excluding ortho intramolecular Hbond substituents is 1. The van der Waals surface area contributed by atoms with E-state index < -0.39 is 0 Å². The lowest BCUT2D eigenvalue weighted by molar-refractivity contribution is 0.159. The molecule has 2 aliphatic rings. The van der Waals surface area contributed by atoms with E-state index >= 15 is 0 Å². The van der Waals surface area contributed by atoms with Gasteiger partial charge in [0.1, 0.15) is 0 Å². The summed E-state index contributed by atoms with van der Waals surface area (Å²) in [6.07, 6.45) is 4.57. The van der Waals surface area contributed by atoms with Crippen LogP contribution in [0, 0.1) is 5.41 Å². The van der Waals surface area contributed by atoms with Crippen molar-refractivity contribution in [2.45, 2.75) is 59.0 Å². The minimum absolute atomic E-state index is 0.252. The Labute approximate surface area is 160 Å². The van der Waals surface area contributed by atoms with Crippen molar-refractivity contribution in [2.24, 2.45) is 5.41 Å². The van der Waals surface area contributed by atoms with Crippen molar-refractivity contribution in [1.82, 2.24) is 4.90 Å². The van der Waals surface area contributed by atoms with Crippen LogP contribution in [0.3, 0.4) is 0 Å². The van der Waals surface area contributed by atoms with E-state index in [1.54, 1.807) is 28.5 Å². The van der Waals surface area contributed by atoms with Gasteiger partial charge in [-0.15, -0.1) is 11.3 Å². The predicted molar refractivity (Wildman–Crippen MR) is 107 cm³/mol. The van der Waals surface area contributed by atoms with Crippen molar-refractivity contribution in [3.8, 4) is 11.5 Å². The Morgan fingerprint density at radius 1 is 1.31 bits per heavy atom. The van der Waals surface area contributed by atoms with Gasteiger partial charge in [0.05, 0.1) is 7.11 Å². The molecule has 4 heteroatoms. The van der Waals surface area contributed by atoms with Crippen LogP contribution in [0.1, 0.15) is 59.7 Å². The summed E-state index contributed by atoms with van der Waals surface area (Å²) >= 11 is 2.03. The molecule has 2 aliphatic heterocycles. The van der Waals surface area contributed by atoms with Crippen LogP contribution in [0.15, 0.2) is 18.2 Å². The van der Waals surface area contributed by atoms with Gasteiger partial charge in [0.15, 0.2) is 11.5 Å². The lowest BCUT2D eigenvalue weighted by Gasteiger charge is -2.40. The molecule has 0 amide bonds. The molecule has 0 fully saturated rings. The van der Waals surface area contributed by atoms with E-state index in [1.165, 1.54) is 18.4 Å². The standard InChI is InChI=1S/C22H29NO2S/c1-22(2,3)9-7-15-12-16-18-11-14-5-6-19(24)21(25-4)17(14)13-23(18)10-8-20(16)26-15/h5-6,12,18,24H,7-11,13H2,1-4H3/t18-/m0/s1. The second-order valence-electron chi connectivity index (χ2n) is 8.85. The monoisotopic (exact) mass is 371 g/mol. The molecular weight excluding hydrogens is 342 g/mol. The number of thiophene rings is 1. The third-order valence-corrected chi connectivity index (χ3v) is 7.03. The molecule has 3 nitrogen and oxygen atoms in total. The number of hydrogen-bond donors (Lipinski definition) is 1. The Kier molecular flexibility index (Phi) is 4.52. The topological polar surface area (TPSA) is 32.7 Å². The largest absolute Gasteiger partial charge is 0.504 e. The second kappa shape index (κ2) is 6.58. The molecule has 3 heterocycles. The third kappa shape index (κ3) is 3.25. The van der Waals surface area contributed by atoms with E-state index in [2.05, 4.69) is 37.8 Å². The van der Waals surface area contributed by atoms with Gasteiger partial charge in [-0.3, -0.25) is 4.90 Å². The Hall–Kier alpha value is -1.52. The highest BCUT2D eigenvalue weighted by atomic mass is 32.1. The van der Waals surface area contributed by atoms with E-state index in [1.807, 2.05) is 11.3 Å². The molecule has 0 aliphatic carbocycles. The van der Waals surface area contributed by atoms with Gasteiger partial charge in [-0.05, 0) is 54.4 Å². The molecule has 140 valence electrons. The van der Waals surface area contributed by atoms with Crippen LogP contribution in [-0.4, -0.2) is 23.7 Å². The number of hydrogen-bond acceptors (Lipinski definition) is 4. The molecule has 1 aromatic heterocycles. The zero-order valence-electron chi connectivity index (χ0n) is 16.3. The van der Waals surface area contributed by atoms with E-state index in [0.29, 0.717) is 17.2 Å². The maximum absolute atomic E-state index is 10.1. The lowest BCUT2D eigenvalue weighted by Crippen LogP contribution is -2.38. The highest BCUT2D eigenvalue weighted by Crippen LogP contribution is 2.45. The van der Waals surface area contributed by atoms with Gasteiger partial charge in [-0.1, -0.05) is 26.8 Å². The lowest BCUT2D eigenvalue weighted by atomic mass is 9.86. The minimum atomic E-state index is 0.252. The van der Waals surface area contributed by atoms with Gasteiger partial charge in [0, 0.05) is 34.4 Å². The van der Waals surface area contributed by atoms with Crippen LogP contribution in [0.5, 0.6) is 11.5 Å². The summed E-state index contributed by atoms with van der Waals surface area (Å²) in [5.41, 5.74) is 4.41. The Morgan fingerprint density at radius 2 is 2.12 bits per heavy atom. The molecule has 0 saturated carbocycles. The average Bonchev–Trinajstić information content (AvgIpc) is 3.01. The zero-order valence-corrected chi connectivity index (χ0v) is 17.1. The smallest absolute Gasteiger partial charge is 0.165 e. The molecule has 0 unspecified atom stereocenters. The van der Waals surface area contributed by atoms with Crippen molar-refractivity contribution < 1.29 is 9.84 Å². The Balaban J connectivity index is 1.62. The fourth-order valence-corrected chi connectivity index (χ4v) is 5.50. The fourth-order valence-electron chi connectivity index (χ4n) is 4.29. The molecule has 26 heavy (non-hydrogen) atoms. The van der Waals surface area contributed by atoms with Gasteiger partial charge in [-0.2, -0.15) is 0 Å². The highest BCUT2D eigenvalue weighted by molar-refractivity contribution is 7.12. The number of methoxy groups -OCH3 is 1. The van der Waals surface area contributed by atoms with Crippen molar-refractivity contribution in [2.75, 3.05) is 13.7 Å². The van der Waals surface area contributed by atoms with Crippen LogP contribution >= 0.6 is 11.3 Å². The van der Waals surface area contributed by atoms with Crippen LogP contribution < -0.4 is 4.74 Å². The minimum Gasteiger partial charge on any atom is -0.504 e. The van der Waals surface area contributed by atoms with Crippen LogP contribution in [0.4, 0.5) is 0 Å². The van der Waals surface area contributed by atoms with Gasteiger partial charge in [-0.25, -0.2) is 0 Å². The average molecular weight is 372 g/mol. The molecule has 2 aromatic rings. The molecule has 0 spiro atoms. The molecule has 0 saturated heterocycles. The summed E-state index contributed by atoms with van der Waals surface area (Å²) in [4.78, 5) is 5.69. The van der Waals surface area contributed by atoms with Crippen molar-refractivity contribution in [3.05, 3.63) is 44.6 Å². The summed E-state index contributed by atoms with van der Waals surface area (Å²) in [6.45, 7) is 8.93. The molecule has 0 radical (unpaired) electrons. The molecule has 1 aromatic carbocycles. The van der Waals surface area contributed by atoms with E-state index in [0.717, 1.165) is 31.5 Å². The van der Waals surface area contributed by atoms with E-state index in [-0.39, 0.29) is 5.75 Å². The molecule has 1 atom stereocenters. The maximum Gasteiger partial charge on any atom is 0.165 e. The first kappa shape index (κ1) is 17.9. The summed E-state index contributed by atoms with van der Waals surface area (Å²) in [6, 6.07) is 6.80. The van der Waals surface area contributed by atoms with Gasteiger partial charge < -0.3 is 9.84 Å². The number of aromatic hydroxyl groups is 1. The van der Waals surface area contributed by atoms with Crippen molar-refractivity contribution in [3.63, 3.8) is 0 Å². The van der Waals surface area contributed by atoms with Gasteiger partial charge in [0.2, 0.25) is 0 Å². The summed E-state index contributed by atoms with van der Waals surface area (Å²) in [5, 5.41) is 10.1. The zero-order chi connectivity index (χ0) is 18.5. The number of benzene rings is 1. The number of aryl methyl sites for hydroxylation is 1. The second-order valence-corrected chi connectivity index (χ2v) is 10.1. The van der Waals surface area contributed by atoms with E-state index in [9.17, 15) is 5.11 Å². The summed E-state index contributed by atoms with van der Waals surface area (Å²) in [5.74, 6) is 0.908. The predicted octanol–water partition coefficient (Wildman–Crippen LogP) is 5.10. The highest BCUT2D eigenvalue weighted by Gasteiger charge is 2.35. The van der Waals surface area contributed by atoms with Crippen molar-refractivity contribution >= 4 is 11.3 Å². The number of fused-ring (bicyclic) bond motifs is 4. The quantitative estimate of drug-likeness (QED) is 0.815. The molecule has 1 N–H and O–H groups in total. The van der Waals surface area contributed by atoms with E-state index in [4.69, 9.17) is 4.74 Å². The maximum atomic E-state index is 10.1. The fraction of sp³-hybridized carbons (Fsp3) is 0.545. The number of nitrogens with zero attached hydrogens (tertiary/aromatic N) is 1. The van der Waals surface area contributed by atoms with Crippen LogP contribution in [-0.2, 0) is 25.8 Å². The molecule has 0 bridgehead atoms. The van der Waals surface area contributed by atoms with Crippen LogP contribution in [0.2, 0.25) is 0 Å². The number of rotatable bonds is 3. The summed E-state index contributed by atoms with van der Waals surface area (Å²) in [7, 11) is 1.65. The third-order valence-electron chi connectivity index (χ3n) is 5.76. The van der Waals surface area contributed by atoms with Crippen LogP contribution in [0.25, 0.3) is 0 Å².